The maximum Gasteiger partial charge on any atom is 0.172 e. The number of aromatic hydroxyl groups is 2. The molecule has 0 spiro atoms. The summed E-state index contributed by atoms with van der Waals surface area (Å²) in [5.74, 6) is 1.27. The van der Waals surface area contributed by atoms with E-state index < -0.39 is 6.10 Å². The fourth-order valence-corrected chi connectivity index (χ4v) is 4.86. The lowest BCUT2D eigenvalue weighted by Gasteiger charge is -2.37. The summed E-state index contributed by atoms with van der Waals surface area (Å²) in [6.07, 6.45) is 1.79. The molecule has 1 unspecified atom stereocenters. The number of ether oxygens (including phenoxy) is 2. The first kappa shape index (κ1) is 19.4. The Morgan fingerprint density at radius 1 is 1.03 bits per heavy atom. The van der Waals surface area contributed by atoms with Crippen LogP contribution in [0.15, 0.2) is 54.6 Å². The zero-order valence-corrected chi connectivity index (χ0v) is 18.0. The van der Waals surface area contributed by atoms with Gasteiger partial charge in [-0.05, 0) is 62.2 Å². The van der Waals surface area contributed by atoms with Crippen LogP contribution in [0.25, 0.3) is 16.7 Å². The minimum Gasteiger partial charge on any atom is -0.508 e. The molecule has 0 fully saturated rings. The van der Waals surface area contributed by atoms with Gasteiger partial charge in [0, 0.05) is 22.4 Å². The van der Waals surface area contributed by atoms with Crippen molar-refractivity contribution in [2.24, 2.45) is 0 Å². The molecular weight excluding hydrogens is 390 g/mol. The SMILES string of the molecule is COc1c(O)ccc2c1-c1ccc3c(c1C(c1cccc(O)c1)O2)C(C)=CC(C)(C)N3. The molecule has 5 nitrogen and oxygen atoms in total. The molecule has 0 aliphatic carbocycles. The summed E-state index contributed by atoms with van der Waals surface area (Å²) in [7, 11) is 1.55. The van der Waals surface area contributed by atoms with Gasteiger partial charge in [0.2, 0.25) is 0 Å². The first-order valence-electron chi connectivity index (χ1n) is 10.3. The highest BCUT2D eigenvalue weighted by Gasteiger charge is 2.36. The Balaban J connectivity index is 1.85. The minimum atomic E-state index is -0.426. The van der Waals surface area contributed by atoms with E-state index in [2.05, 4.69) is 44.3 Å². The lowest BCUT2D eigenvalue weighted by atomic mass is 9.80. The third-order valence-electron chi connectivity index (χ3n) is 5.93. The van der Waals surface area contributed by atoms with Crippen LogP contribution < -0.4 is 14.8 Å². The highest BCUT2D eigenvalue weighted by molar-refractivity contribution is 5.92. The molecule has 2 aliphatic rings. The molecule has 5 heteroatoms. The Kier molecular flexibility index (Phi) is 4.19. The number of phenolic OH excluding ortho intramolecular Hbond substituents is 2. The summed E-state index contributed by atoms with van der Waals surface area (Å²) >= 11 is 0. The summed E-state index contributed by atoms with van der Waals surface area (Å²) in [6, 6.07) is 14.6. The van der Waals surface area contributed by atoms with E-state index in [0.29, 0.717) is 11.5 Å². The molecule has 0 saturated carbocycles. The van der Waals surface area contributed by atoms with Crippen LogP contribution in [-0.2, 0) is 0 Å². The summed E-state index contributed by atoms with van der Waals surface area (Å²) in [5, 5.41) is 24.2. The molecule has 0 bridgehead atoms. The summed E-state index contributed by atoms with van der Waals surface area (Å²) in [5.41, 5.74) is 6.58. The van der Waals surface area contributed by atoms with Crippen molar-refractivity contribution >= 4 is 11.3 Å². The molecule has 3 aromatic carbocycles. The largest absolute Gasteiger partial charge is 0.508 e. The fourth-order valence-electron chi connectivity index (χ4n) is 4.86. The number of anilines is 1. The highest BCUT2D eigenvalue weighted by Crippen LogP contribution is 2.55. The van der Waals surface area contributed by atoms with E-state index in [1.165, 1.54) is 0 Å². The van der Waals surface area contributed by atoms with E-state index in [1.54, 1.807) is 31.4 Å². The number of allylic oxidation sites excluding steroid dienone is 1. The van der Waals surface area contributed by atoms with Crippen LogP contribution in [0.4, 0.5) is 5.69 Å². The van der Waals surface area contributed by atoms with Crippen molar-refractivity contribution in [3.05, 3.63) is 71.3 Å². The first-order chi connectivity index (χ1) is 14.8. The Hall–Kier alpha value is -3.60. The second-order valence-electron chi connectivity index (χ2n) is 8.71. The number of nitrogens with one attached hydrogen (secondary N) is 1. The highest BCUT2D eigenvalue weighted by atomic mass is 16.5. The van der Waals surface area contributed by atoms with Gasteiger partial charge in [-0.3, -0.25) is 0 Å². The third kappa shape index (κ3) is 3.00. The number of fused-ring (bicyclic) bond motifs is 5. The Labute approximate surface area is 181 Å². The lowest BCUT2D eigenvalue weighted by Crippen LogP contribution is -2.32. The van der Waals surface area contributed by atoms with Gasteiger partial charge in [0.1, 0.15) is 11.5 Å². The number of hydrogen-bond acceptors (Lipinski definition) is 5. The van der Waals surface area contributed by atoms with Crippen molar-refractivity contribution in [1.82, 2.24) is 0 Å². The molecule has 0 saturated heterocycles. The van der Waals surface area contributed by atoms with Crippen LogP contribution in [0, 0.1) is 0 Å². The molecule has 1 atom stereocenters. The number of hydrogen-bond donors (Lipinski definition) is 3. The molecule has 31 heavy (non-hydrogen) atoms. The van der Waals surface area contributed by atoms with Gasteiger partial charge < -0.3 is 25.0 Å². The van der Waals surface area contributed by atoms with Crippen molar-refractivity contribution in [3.8, 4) is 34.1 Å². The molecule has 2 heterocycles. The van der Waals surface area contributed by atoms with Gasteiger partial charge in [-0.25, -0.2) is 0 Å². The standard InChI is InChI=1S/C26H25NO4/c1-14-13-26(2,3)27-18-9-8-17-22-20(11-10-19(29)25(22)30-4)31-24(23(17)21(14)18)15-6-5-7-16(28)12-15/h5-13,24,27-29H,1-4H3. The monoisotopic (exact) mass is 415 g/mol. The number of benzene rings is 3. The maximum atomic E-state index is 10.4. The summed E-state index contributed by atoms with van der Waals surface area (Å²) in [6.45, 7) is 6.38. The fraction of sp³-hybridized carbons (Fsp3) is 0.231. The predicted molar refractivity (Wildman–Crippen MR) is 122 cm³/mol. The van der Waals surface area contributed by atoms with E-state index in [4.69, 9.17) is 9.47 Å². The van der Waals surface area contributed by atoms with Gasteiger partial charge in [0.15, 0.2) is 17.6 Å². The molecule has 158 valence electrons. The van der Waals surface area contributed by atoms with Crippen molar-refractivity contribution in [2.45, 2.75) is 32.4 Å². The van der Waals surface area contributed by atoms with Crippen LogP contribution in [0.5, 0.6) is 23.0 Å². The average Bonchev–Trinajstić information content (AvgIpc) is 2.71. The van der Waals surface area contributed by atoms with E-state index in [0.717, 1.165) is 39.1 Å². The van der Waals surface area contributed by atoms with Crippen molar-refractivity contribution < 1.29 is 19.7 Å². The first-order valence-corrected chi connectivity index (χ1v) is 10.3. The Morgan fingerprint density at radius 3 is 2.58 bits per heavy atom. The van der Waals surface area contributed by atoms with Crippen molar-refractivity contribution in [1.29, 1.82) is 0 Å². The molecule has 3 aromatic rings. The van der Waals surface area contributed by atoms with Crippen LogP contribution >= 0.6 is 0 Å². The number of methoxy groups -OCH3 is 1. The van der Waals surface area contributed by atoms with Crippen molar-refractivity contribution in [3.63, 3.8) is 0 Å². The topological polar surface area (TPSA) is 71.0 Å². The molecule has 5 rings (SSSR count). The van der Waals surface area contributed by atoms with Crippen molar-refractivity contribution in [2.75, 3.05) is 12.4 Å². The number of rotatable bonds is 2. The zero-order chi connectivity index (χ0) is 21.9. The number of phenols is 2. The summed E-state index contributed by atoms with van der Waals surface area (Å²) in [4.78, 5) is 0. The second kappa shape index (κ2) is 6.71. The van der Waals surface area contributed by atoms with E-state index in [9.17, 15) is 10.2 Å². The minimum absolute atomic E-state index is 0.0656. The second-order valence-corrected chi connectivity index (χ2v) is 8.71. The molecule has 0 amide bonds. The maximum absolute atomic E-state index is 10.4. The van der Waals surface area contributed by atoms with Crippen LogP contribution in [0.2, 0.25) is 0 Å². The van der Waals surface area contributed by atoms with E-state index in [-0.39, 0.29) is 17.0 Å². The van der Waals surface area contributed by atoms with Gasteiger partial charge in [0.05, 0.1) is 18.2 Å². The summed E-state index contributed by atoms with van der Waals surface area (Å²) < 4.78 is 12.1. The van der Waals surface area contributed by atoms with Crippen LogP contribution in [0.3, 0.4) is 0 Å². The Bertz CT molecular complexity index is 1240. The molecule has 3 N–H and O–H groups in total. The lowest BCUT2D eigenvalue weighted by molar-refractivity contribution is 0.240. The predicted octanol–water partition coefficient (Wildman–Crippen LogP) is 5.86. The van der Waals surface area contributed by atoms with Gasteiger partial charge in [-0.1, -0.05) is 24.3 Å². The van der Waals surface area contributed by atoms with E-state index >= 15 is 0 Å². The van der Waals surface area contributed by atoms with Gasteiger partial charge in [0.25, 0.3) is 0 Å². The normalized spacial score (nSPS) is 17.9. The quantitative estimate of drug-likeness (QED) is 0.489. The van der Waals surface area contributed by atoms with Crippen LogP contribution in [-0.4, -0.2) is 22.9 Å². The molecular formula is C26H25NO4. The smallest absolute Gasteiger partial charge is 0.172 e. The zero-order valence-electron chi connectivity index (χ0n) is 18.0. The Morgan fingerprint density at radius 2 is 1.84 bits per heavy atom. The van der Waals surface area contributed by atoms with Gasteiger partial charge in [-0.2, -0.15) is 0 Å². The molecule has 0 aromatic heterocycles. The van der Waals surface area contributed by atoms with Gasteiger partial charge >= 0.3 is 0 Å². The van der Waals surface area contributed by atoms with E-state index in [1.807, 2.05) is 12.1 Å². The third-order valence-corrected chi connectivity index (χ3v) is 5.93. The van der Waals surface area contributed by atoms with Crippen LogP contribution in [0.1, 0.15) is 43.6 Å². The molecule has 2 aliphatic heterocycles. The average molecular weight is 415 g/mol. The molecule has 0 radical (unpaired) electrons. The van der Waals surface area contributed by atoms with Gasteiger partial charge in [-0.15, -0.1) is 0 Å².